The minimum absolute atomic E-state index is 0.752. The van der Waals surface area contributed by atoms with Crippen LogP contribution in [0, 0.1) is 0 Å². The molecule has 0 spiro atoms. The molecule has 0 saturated heterocycles. The highest BCUT2D eigenvalue weighted by Crippen LogP contribution is 2.40. The van der Waals surface area contributed by atoms with Gasteiger partial charge in [-0.25, -0.2) is 0 Å². The van der Waals surface area contributed by atoms with Crippen LogP contribution in [0.25, 0.3) is 16.5 Å². The second-order valence-electron chi connectivity index (χ2n) is 7.73. The van der Waals surface area contributed by atoms with Crippen LogP contribution in [-0.4, -0.2) is 10.9 Å². The van der Waals surface area contributed by atoms with Crippen LogP contribution in [0.4, 0.5) is 0 Å². The summed E-state index contributed by atoms with van der Waals surface area (Å²) in [5, 5.41) is 1.92. The first kappa shape index (κ1) is 22.5. The highest BCUT2D eigenvalue weighted by molar-refractivity contribution is 6.34. The van der Waals surface area contributed by atoms with Gasteiger partial charge in [0.05, 0.1) is 16.2 Å². The lowest BCUT2D eigenvalue weighted by Gasteiger charge is -2.17. The van der Waals surface area contributed by atoms with Gasteiger partial charge in [-0.2, -0.15) is 0 Å². The fourth-order valence-electron chi connectivity index (χ4n) is 4.21. The van der Waals surface area contributed by atoms with Crippen LogP contribution in [0.3, 0.4) is 0 Å². The summed E-state index contributed by atoms with van der Waals surface area (Å²) in [6.07, 6.45) is 8.35. The first-order chi connectivity index (χ1) is 13.4. The number of carbonyl (C=O) groups is 1. The number of allylic oxidation sites excluding steroid dienone is 4. The van der Waals surface area contributed by atoms with Gasteiger partial charge in [0.1, 0.15) is 0 Å². The Morgan fingerprint density at radius 1 is 1.11 bits per heavy atom. The zero-order valence-corrected chi connectivity index (χ0v) is 19.0. The SMILES string of the molecule is CC/C=C(/C)C(=C(C)C)c1c(Cl)ccc2c(CCCC)c(C=O)n(CCC)c12. The number of aldehydes is 1. The van der Waals surface area contributed by atoms with Gasteiger partial charge in [-0.05, 0) is 69.2 Å². The maximum absolute atomic E-state index is 12.1. The largest absolute Gasteiger partial charge is 0.338 e. The predicted octanol–water partition coefficient (Wildman–Crippen LogP) is 8.01. The number of halogens is 1. The number of rotatable bonds is 9. The Kier molecular flexibility index (Phi) is 8.12. The second-order valence-corrected chi connectivity index (χ2v) is 8.13. The van der Waals surface area contributed by atoms with Crippen molar-refractivity contribution in [2.75, 3.05) is 0 Å². The molecular weight excluding hydrogens is 366 g/mol. The summed E-state index contributed by atoms with van der Waals surface area (Å²) < 4.78 is 2.21. The molecular formula is C25H34ClNO. The maximum Gasteiger partial charge on any atom is 0.166 e. The van der Waals surface area contributed by atoms with Gasteiger partial charge in [-0.3, -0.25) is 4.79 Å². The Morgan fingerprint density at radius 2 is 1.82 bits per heavy atom. The third-order valence-corrected chi connectivity index (χ3v) is 5.63. The van der Waals surface area contributed by atoms with E-state index in [1.807, 2.05) is 6.07 Å². The van der Waals surface area contributed by atoms with Crippen LogP contribution >= 0.6 is 11.6 Å². The van der Waals surface area contributed by atoms with Crippen LogP contribution in [-0.2, 0) is 13.0 Å². The molecule has 0 unspecified atom stereocenters. The first-order valence-corrected chi connectivity index (χ1v) is 10.9. The topological polar surface area (TPSA) is 22.0 Å². The van der Waals surface area contributed by atoms with E-state index in [1.165, 1.54) is 27.7 Å². The number of carbonyl (C=O) groups excluding carboxylic acids is 1. The van der Waals surface area contributed by atoms with Gasteiger partial charge in [0.25, 0.3) is 0 Å². The average Bonchev–Trinajstić information content (AvgIpc) is 2.95. The second kappa shape index (κ2) is 10.1. The van der Waals surface area contributed by atoms with E-state index in [0.29, 0.717) is 0 Å². The number of aromatic nitrogens is 1. The predicted molar refractivity (Wildman–Crippen MR) is 124 cm³/mol. The van der Waals surface area contributed by atoms with E-state index < -0.39 is 0 Å². The molecule has 2 aromatic rings. The number of fused-ring (bicyclic) bond motifs is 1. The minimum Gasteiger partial charge on any atom is -0.338 e. The number of aryl methyl sites for hydroxylation is 2. The third kappa shape index (κ3) is 4.27. The Hall–Kier alpha value is -1.80. The molecule has 152 valence electrons. The van der Waals surface area contributed by atoms with E-state index in [1.54, 1.807) is 0 Å². The molecule has 0 atom stereocenters. The lowest BCUT2D eigenvalue weighted by atomic mass is 9.91. The summed E-state index contributed by atoms with van der Waals surface area (Å²) in [5.74, 6) is 0. The van der Waals surface area contributed by atoms with Crippen molar-refractivity contribution < 1.29 is 4.79 Å². The fourth-order valence-corrected chi connectivity index (χ4v) is 4.45. The van der Waals surface area contributed by atoms with Crippen LogP contribution in [0.2, 0.25) is 5.02 Å². The van der Waals surface area contributed by atoms with E-state index >= 15 is 0 Å². The van der Waals surface area contributed by atoms with E-state index in [0.717, 1.165) is 66.7 Å². The van der Waals surface area contributed by atoms with Crippen molar-refractivity contribution >= 4 is 34.4 Å². The molecule has 0 radical (unpaired) electrons. The van der Waals surface area contributed by atoms with Crippen LogP contribution < -0.4 is 0 Å². The first-order valence-electron chi connectivity index (χ1n) is 10.6. The standard InChI is InChI=1S/C25H34ClNO/c1-7-10-12-19-20-13-14-21(26)24(23(17(4)5)18(6)11-8-2)25(20)27(15-9-3)22(19)16-28/h11,13-14,16H,7-10,12,15H2,1-6H3/b18-11-. The molecule has 2 nitrogen and oxygen atoms in total. The highest BCUT2D eigenvalue weighted by atomic mass is 35.5. The van der Waals surface area contributed by atoms with E-state index in [4.69, 9.17) is 11.6 Å². The van der Waals surface area contributed by atoms with Crippen LogP contribution in [0.15, 0.2) is 29.4 Å². The lowest BCUT2D eigenvalue weighted by Crippen LogP contribution is -2.05. The molecule has 2 rings (SSSR count). The van der Waals surface area contributed by atoms with E-state index in [9.17, 15) is 4.79 Å². The summed E-state index contributed by atoms with van der Waals surface area (Å²) >= 11 is 6.80. The van der Waals surface area contributed by atoms with Gasteiger partial charge >= 0.3 is 0 Å². The molecule has 0 aliphatic rings. The number of hydrogen-bond donors (Lipinski definition) is 0. The van der Waals surface area contributed by atoms with Crippen molar-refractivity contribution in [1.29, 1.82) is 0 Å². The van der Waals surface area contributed by atoms with Gasteiger partial charge in [0.2, 0.25) is 0 Å². The molecule has 1 heterocycles. The number of benzene rings is 1. The average molecular weight is 400 g/mol. The van der Waals surface area contributed by atoms with Crippen molar-refractivity contribution in [2.45, 2.75) is 80.2 Å². The molecule has 0 amide bonds. The molecule has 3 heteroatoms. The zero-order chi connectivity index (χ0) is 20.8. The van der Waals surface area contributed by atoms with Crippen molar-refractivity contribution in [1.82, 2.24) is 4.57 Å². The van der Waals surface area contributed by atoms with E-state index in [-0.39, 0.29) is 0 Å². The fraction of sp³-hybridized carbons (Fsp3) is 0.480. The molecule has 1 aromatic carbocycles. The monoisotopic (exact) mass is 399 g/mol. The Labute approximate surface area is 175 Å². The molecule has 1 aromatic heterocycles. The molecule has 28 heavy (non-hydrogen) atoms. The smallest absolute Gasteiger partial charge is 0.166 e. The minimum atomic E-state index is 0.752. The number of hydrogen-bond acceptors (Lipinski definition) is 1. The molecule has 0 bridgehead atoms. The molecule has 0 aliphatic carbocycles. The molecule has 0 aliphatic heterocycles. The number of nitrogens with zero attached hydrogens (tertiary/aromatic N) is 1. The maximum atomic E-state index is 12.1. The van der Waals surface area contributed by atoms with Crippen molar-refractivity contribution in [3.8, 4) is 0 Å². The van der Waals surface area contributed by atoms with Crippen LogP contribution in [0.1, 0.15) is 88.8 Å². The number of unbranched alkanes of at least 4 members (excludes halogenated alkanes) is 1. The molecule has 0 N–H and O–H groups in total. The Balaban J connectivity index is 3.00. The molecule has 0 saturated carbocycles. The van der Waals surface area contributed by atoms with Crippen molar-refractivity contribution in [3.05, 3.63) is 51.2 Å². The quantitative estimate of drug-likeness (QED) is 0.309. The molecule has 0 fully saturated rings. The highest BCUT2D eigenvalue weighted by Gasteiger charge is 2.23. The lowest BCUT2D eigenvalue weighted by molar-refractivity contribution is 0.111. The summed E-state index contributed by atoms with van der Waals surface area (Å²) in [5.41, 5.74) is 7.85. The normalized spacial score (nSPS) is 11.9. The van der Waals surface area contributed by atoms with Gasteiger partial charge in [-0.15, -0.1) is 0 Å². The third-order valence-electron chi connectivity index (χ3n) is 5.32. The summed E-state index contributed by atoms with van der Waals surface area (Å²) in [6.45, 7) is 13.8. The Morgan fingerprint density at radius 3 is 2.36 bits per heavy atom. The summed E-state index contributed by atoms with van der Waals surface area (Å²) in [6, 6.07) is 4.11. The summed E-state index contributed by atoms with van der Waals surface area (Å²) in [4.78, 5) is 12.1. The van der Waals surface area contributed by atoms with Gasteiger partial charge in [-0.1, -0.05) is 56.5 Å². The van der Waals surface area contributed by atoms with Gasteiger partial charge < -0.3 is 4.57 Å². The Bertz CT molecular complexity index is 911. The van der Waals surface area contributed by atoms with Gasteiger partial charge in [0.15, 0.2) is 6.29 Å². The van der Waals surface area contributed by atoms with Crippen molar-refractivity contribution in [3.63, 3.8) is 0 Å². The van der Waals surface area contributed by atoms with Crippen molar-refractivity contribution in [2.24, 2.45) is 0 Å². The van der Waals surface area contributed by atoms with Gasteiger partial charge in [0, 0.05) is 17.5 Å². The van der Waals surface area contributed by atoms with E-state index in [2.05, 4.69) is 58.3 Å². The summed E-state index contributed by atoms with van der Waals surface area (Å²) in [7, 11) is 0. The van der Waals surface area contributed by atoms with Crippen LogP contribution in [0.5, 0.6) is 0 Å². The zero-order valence-electron chi connectivity index (χ0n) is 18.3.